The Labute approximate surface area is 341 Å². The Balaban J connectivity index is 0.827. The number of likely N-dealkylation sites (tertiary alicyclic amines) is 1. The molecule has 3 amide bonds. The smallest absolute Gasteiger partial charge is 0.253 e. The van der Waals surface area contributed by atoms with Crippen LogP contribution in [0.25, 0.3) is 22.3 Å². The minimum absolute atomic E-state index is 0.00312. The minimum Gasteiger partial charge on any atom is -0.371 e. The average molecular weight is 816 g/mol. The average Bonchev–Trinajstić information content (AvgIpc) is 4.01. The fourth-order valence-electron chi connectivity index (χ4n) is 9.09. The van der Waals surface area contributed by atoms with Gasteiger partial charge in [-0.15, -0.1) is 0 Å². The van der Waals surface area contributed by atoms with Crippen molar-refractivity contribution in [1.29, 1.82) is 5.26 Å². The van der Waals surface area contributed by atoms with Crippen LogP contribution in [-0.4, -0.2) is 105 Å². The molecule has 2 aromatic carbocycles. The number of fused-ring (bicyclic) bond motifs is 1. The number of hydrogen-bond donors (Lipinski definition) is 3. The molecule has 9 rings (SSSR count). The maximum absolute atomic E-state index is 13.7. The van der Waals surface area contributed by atoms with Gasteiger partial charge in [-0.2, -0.15) is 19.6 Å². The molecule has 5 aromatic rings. The number of benzene rings is 2. The number of amides is 3. The molecule has 0 bridgehead atoms. The predicted octanol–water partition coefficient (Wildman–Crippen LogP) is 4.49. The van der Waals surface area contributed by atoms with Crippen molar-refractivity contribution in [3.05, 3.63) is 84.3 Å². The molecule has 16 nitrogen and oxygen atoms in total. The number of sulfonamides is 1. The molecule has 59 heavy (non-hydrogen) atoms. The van der Waals surface area contributed by atoms with Gasteiger partial charge in [-0.3, -0.25) is 24.4 Å². The lowest BCUT2D eigenvalue weighted by atomic mass is 9.77. The van der Waals surface area contributed by atoms with Gasteiger partial charge in [-0.25, -0.2) is 13.4 Å². The van der Waals surface area contributed by atoms with Crippen molar-refractivity contribution in [3.8, 4) is 17.3 Å². The molecule has 0 radical (unpaired) electrons. The number of aromatic nitrogens is 5. The molecule has 0 aliphatic carbocycles. The van der Waals surface area contributed by atoms with Gasteiger partial charge < -0.3 is 20.1 Å². The zero-order valence-electron chi connectivity index (χ0n) is 32.7. The summed E-state index contributed by atoms with van der Waals surface area (Å²) >= 11 is 0. The normalized spacial score (nSPS) is 20.4. The summed E-state index contributed by atoms with van der Waals surface area (Å²) in [7, 11) is -3.38. The van der Waals surface area contributed by atoms with Gasteiger partial charge in [0.15, 0.2) is 0 Å². The third-order valence-corrected chi connectivity index (χ3v) is 14.5. The van der Waals surface area contributed by atoms with E-state index >= 15 is 0 Å². The van der Waals surface area contributed by atoms with Gasteiger partial charge in [0.05, 0.1) is 36.1 Å². The number of rotatable bonds is 10. The van der Waals surface area contributed by atoms with Gasteiger partial charge in [-0.05, 0) is 86.1 Å². The molecule has 0 saturated carbocycles. The lowest BCUT2D eigenvalue weighted by molar-refractivity contribution is -0.134. The maximum Gasteiger partial charge on any atom is 0.253 e. The van der Waals surface area contributed by atoms with Crippen LogP contribution in [0.1, 0.15) is 67.3 Å². The summed E-state index contributed by atoms with van der Waals surface area (Å²) in [5, 5.41) is 20.7. The Morgan fingerprint density at radius 3 is 2.44 bits per heavy atom. The molecule has 4 fully saturated rings. The predicted molar refractivity (Wildman–Crippen MR) is 220 cm³/mol. The van der Waals surface area contributed by atoms with Gasteiger partial charge >= 0.3 is 0 Å². The number of imide groups is 1. The van der Waals surface area contributed by atoms with Crippen LogP contribution >= 0.6 is 0 Å². The molecule has 7 heterocycles. The van der Waals surface area contributed by atoms with Crippen molar-refractivity contribution >= 4 is 56.1 Å². The first kappa shape index (κ1) is 38.4. The number of piperidine rings is 2. The Morgan fingerprint density at radius 2 is 1.73 bits per heavy atom. The lowest BCUT2D eigenvalue weighted by Crippen LogP contribution is -2.64. The summed E-state index contributed by atoms with van der Waals surface area (Å²) in [6, 6.07) is 19.6. The fraction of sp³-hybridized carbons (Fsp3) is 0.405. The summed E-state index contributed by atoms with van der Waals surface area (Å²) in [5.41, 5.74) is 4.64. The third kappa shape index (κ3) is 7.20. The second-order valence-electron chi connectivity index (χ2n) is 16.3. The molecule has 1 spiro atoms. The third-order valence-electron chi connectivity index (χ3n) is 12.7. The number of nitrogens with one attached hydrogen (secondary N) is 3. The van der Waals surface area contributed by atoms with Crippen molar-refractivity contribution in [2.75, 3.05) is 55.2 Å². The first-order valence-electron chi connectivity index (χ1n) is 20.1. The number of anilines is 3. The Hall–Kier alpha value is -6.12. The van der Waals surface area contributed by atoms with Crippen molar-refractivity contribution in [3.63, 3.8) is 0 Å². The number of carbonyl (C=O) groups is 3. The van der Waals surface area contributed by atoms with Crippen LogP contribution in [0.2, 0.25) is 0 Å². The van der Waals surface area contributed by atoms with E-state index in [0.717, 1.165) is 62.1 Å². The summed E-state index contributed by atoms with van der Waals surface area (Å²) in [5.74, 6) is -0.369. The summed E-state index contributed by atoms with van der Waals surface area (Å²) < 4.78 is 28.0. The van der Waals surface area contributed by atoms with E-state index in [0.29, 0.717) is 46.9 Å². The van der Waals surface area contributed by atoms with E-state index in [1.54, 1.807) is 24.0 Å². The number of hydrogen-bond acceptors (Lipinski definition) is 11. The second-order valence-corrected chi connectivity index (χ2v) is 18.6. The van der Waals surface area contributed by atoms with E-state index < -0.39 is 15.6 Å². The molecule has 304 valence electrons. The Bertz CT molecular complexity index is 2580. The van der Waals surface area contributed by atoms with E-state index in [2.05, 4.69) is 48.8 Å². The van der Waals surface area contributed by atoms with Crippen LogP contribution in [0.4, 0.5) is 17.3 Å². The molecule has 1 atom stereocenters. The SMILES string of the molecule is CCS(=O)(=O)N1CC(CC#N)(n2cc(-c3nc(Nc4ccc(C(=O)N5CCC6(CCN(c7ccc(C8CCC(=O)NC8=O)cc7)CC6)C5)cc4)nc4[nH]ccc34)cn2)C1. The largest absolute Gasteiger partial charge is 0.371 e. The zero-order chi connectivity index (χ0) is 40.9. The number of H-pyrrole nitrogens is 1. The van der Waals surface area contributed by atoms with E-state index in [4.69, 9.17) is 4.98 Å². The standard InChI is InChI=1S/C42H45N11O5S/c1-2-59(57,58)52-26-42(27-52,14-18-43)53-24-30(23-45-53)36-34-13-19-44-37(34)49-40(48-36)46-31-7-3-29(4-8-31)39(56)51-22-17-41(25-51)15-20-50(21-16-41)32-9-5-28(6-10-32)33-11-12-35(54)47-38(33)55/h3-10,13,19,23-24,33H,2,11-12,14-17,20-22,25-27H2,1H3,(H,47,54,55)(H2,44,46,48,49). The molecule has 3 aromatic heterocycles. The summed E-state index contributed by atoms with van der Waals surface area (Å²) in [6.07, 6.45) is 9.23. The van der Waals surface area contributed by atoms with Crippen LogP contribution < -0.4 is 15.5 Å². The second kappa shape index (κ2) is 14.9. The van der Waals surface area contributed by atoms with Gasteiger partial charge in [0.1, 0.15) is 11.2 Å². The summed E-state index contributed by atoms with van der Waals surface area (Å²) in [6.45, 7) is 5.20. The molecule has 1 unspecified atom stereocenters. The molecule has 4 aliphatic rings. The Kier molecular flexibility index (Phi) is 9.71. The van der Waals surface area contributed by atoms with E-state index in [9.17, 15) is 28.1 Å². The highest BCUT2D eigenvalue weighted by molar-refractivity contribution is 7.89. The van der Waals surface area contributed by atoms with Crippen molar-refractivity contribution in [1.82, 2.24) is 39.3 Å². The number of aromatic amines is 1. The van der Waals surface area contributed by atoms with Crippen LogP contribution in [0.15, 0.2) is 73.2 Å². The van der Waals surface area contributed by atoms with E-state index in [1.165, 1.54) is 4.31 Å². The van der Waals surface area contributed by atoms with Crippen LogP contribution in [-0.2, 0) is 25.2 Å². The first-order chi connectivity index (χ1) is 28.5. The monoisotopic (exact) mass is 815 g/mol. The molecule has 4 saturated heterocycles. The molecular weight excluding hydrogens is 771 g/mol. The van der Waals surface area contributed by atoms with Gasteiger partial charge in [-0.1, -0.05) is 12.1 Å². The quantitative estimate of drug-likeness (QED) is 0.168. The van der Waals surface area contributed by atoms with Crippen LogP contribution in [0, 0.1) is 16.7 Å². The van der Waals surface area contributed by atoms with Crippen molar-refractivity contribution in [2.45, 2.75) is 56.9 Å². The summed E-state index contributed by atoms with van der Waals surface area (Å²) in [4.78, 5) is 54.7. The molecule has 3 N–H and O–H groups in total. The van der Waals surface area contributed by atoms with Gasteiger partial charge in [0.25, 0.3) is 5.91 Å². The molecular formula is C42H45N11O5S. The highest BCUT2D eigenvalue weighted by Crippen LogP contribution is 2.42. The highest BCUT2D eigenvalue weighted by atomic mass is 32.2. The maximum atomic E-state index is 13.7. The van der Waals surface area contributed by atoms with Crippen LogP contribution in [0.5, 0.6) is 0 Å². The first-order valence-corrected chi connectivity index (χ1v) is 21.7. The lowest BCUT2D eigenvalue weighted by Gasteiger charge is -2.47. The van der Waals surface area contributed by atoms with Crippen molar-refractivity contribution in [2.24, 2.45) is 5.41 Å². The fourth-order valence-corrected chi connectivity index (χ4v) is 10.3. The van der Waals surface area contributed by atoms with Gasteiger partial charge in [0.2, 0.25) is 27.8 Å². The van der Waals surface area contributed by atoms with E-state index in [1.807, 2.05) is 53.6 Å². The van der Waals surface area contributed by atoms with E-state index in [-0.39, 0.29) is 54.3 Å². The number of carbonyl (C=O) groups excluding carboxylic acids is 3. The topological polar surface area (TPSA) is 202 Å². The number of nitrogens with zero attached hydrogens (tertiary/aromatic N) is 8. The van der Waals surface area contributed by atoms with Gasteiger partial charge in [0, 0.05) is 86.0 Å². The molecule has 17 heteroatoms. The van der Waals surface area contributed by atoms with Crippen molar-refractivity contribution < 1.29 is 22.8 Å². The molecule has 4 aliphatic heterocycles. The Morgan fingerprint density at radius 1 is 0.983 bits per heavy atom. The minimum atomic E-state index is -3.38. The number of nitriles is 1. The van der Waals surface area contributed by atoms with Crippen LogP contribution in [0.3, 0.4) is 0 Å². The highest BCUT2D eigenvalue weighted by Gasteiger charge is 2.50. The zero-order valence-corrected chi connectivity index (χ0v) is 33.5.